The lowest BCUT2D eigenvalue weighted by atomic mass is 9.87. The third kappa shape index (κ3) is 5.33. The summed E-state index contributed by atoms with van der Waals surface area (Å²) in [7, 11) is 3.24. The number of halogens is 1. The van der Waals surface area contributed by atoms with Crippen LogP contribution in [0.15, 0.2) is 0 Å². The molecule has 0 aromatic heterocycles. The maximum Gasteiger partial charge on any atom is 0.308 e. The fourth-order valence-corrected chi connectivity index (χ4v) is 3.31. The molecular formula is C16H29ClN2O4. The van der Waals surface area contributed by atoms with Gasteiger partial charge in [-0.05, 0) is 38.5 Å². The third-order valence-corrected chi connectivity index (χ3v) is 4.80. The van der Waals surface area contributed by atoms with E-state index >= 15 is 0 Å². The van der Waals surface area contributed by atoms with E-state index in [9.17, 15) is 9.59 Å². The minimum absolute atomic E-state index is 0. The van der Waals surface area contributed by atoms with Gasteiger partial charge in [0.1, 0.15) is 0 Å². The fourth-order valence-electron chi connectivity index (χ4n) is 3.31. The van der Waals surface area contributed by atoms with Crippen LogP contribution in [0.5, 0.6) is 0 Å². The summed E-state index contributed by atoms with van der Waals surface area (Å²) >= 11 is 0. The van der Waals surface area contributed by atoms with Crippen molar-refractivity contribution in [3.63, 3.8) is 0 Å². The van der Waals surface area contributed by atoms with E-state index in [1.54, 1.807) is 18.9 Å². The molecule has 1 aliphatic heterocycles. The van der Waals surface area contributed by atoms with E-state index in [-0.39, 0.29) is 42.7 Å². The van der Waals surface area contributed by atoms with Crippen molar-refractivity contribution in [3.8, 4) is 0 Å². The van der Waals surface area contributed by atoms with Crippen LogP contribution in [0.3, 0.4) is 0 Å². The molecule has 1 amide bonds. The first-order valence-electron chi connectivity index (χ1n) is 8.23. The maximum absolute atomic E-state index is 11.7. The molecule has 134 valence electrons. The van der Waals surface area contributed by atoms with Gasteiger partial charge in [0, 0.05) is 27.1 Å². The van der Waals surface area contributed by atoms with Crippen molar-refractivity contribution in [2.45, 2.75) is 57.9 Å². The van der Waals surface area contributed by atoms with Crippen molar-refractivity contribution < 1.29 is 19.1 Å². The lowest BCUT2D eigenvalue weighted by Crippen LogP contribution is -2.51. The molecule has 0 aromatic carbocycles. The number of methoxy groups -OCH3 is 1. The third-order valence-electron chi connectivity index (χ3n) is 4.80. The molecule has 0 bridgehead atoms. The highest BCUT2D eigenvalue weighted by Crippen LogP contribution is 2.29. The van der Waals surface area contributed by atoms with Crippen molar-refractivity contribution in [2.75, 3.05) is 27.2 Å². The van der Waals surface area contributed by atoms with Gasteiger partial charge in [0.2, 0.25) is 5.91 Å². The highest BCUT2D eigenvalue weighted by molar-refractivity contribution is 5.85. The maximum atomic E-state index is 11.7. The van der Waals surface area contributed by atoms with Crippen LogP contribution in [0.4, 0.5) is 0 Å². The number of likely N-dealkylation sites (tertiary alicyclic amines) is 1. The Morgan fingerprint density at radius 1 is 1.13 bits per heavy atom. The molecule has 0 radical (unpaired) electrons. The van der Waals surface area contributed by atoms with Crippen molar-refractivity contribution in [2.24, 2.45) is 5.92 Å². The molecule has 2 aliphatic rings. The minimum Gasteiger partial charge on any atom is -0.469 e. The average molecular weight is 349 g/mol. The van der Waals surface area contributed by atoms with Crippen LogP contribution >= 0.6 is 12.4 Å². The molecule has 1 saturated heterocycles. The fraction of sp³-hybridized carbons (Fsp3) is 0.875. The number of hydrogen-bond acceptors (Lipinski definition) is 5. The Morgan fingerprint density at radius 3 is 2.17 bits per heavy atom. The van der Waals surface area contributed by atoms with E-state index in [1.165, 1.54) is 7.11 Å². The molecule has 0 N–H and O–H groups in total. The molecule has 1 unspecified atom stereocenters. The quantitative estimate of drug-likeness (QED) is 0.562. The standard InChI is InChI=1S/C16H28N2O4.ClH/c1-12(19)17(2)16(18-10-4-5-11-18)22-14-8-6-13(7-9-14)15(20)21-3;/h13-14,16H,4-11H2,1-3H3;1H. The van der Waals surface area contributed by atoms with Gasteiger partial charge in [0.25, 0.3) is 0 Å². The monoisotopic (exact) mass is 348 g/mol. The Kier molecular flexibility index (Phi) is 8.29. The number of esters is 1. The van der Waals surface area contributed by atoms with E-state index in [4.69, 9.17) is 9.47 Å². The van der Waals surface area contributed by atoms with Crippen LogP contribution in [0, 0.1) is 5.92 Å². The number of rotatable bonds is 5. The van der Waals surface area contributed by atoms with Gasteiger partial charge >= 0.3 is 5.97 Å². The van der Waals surface area contributed by atoms with Gasteiger partial charge in [-0.3, -0.25) is 14.5 Å². The normalized spacial score (nSPS) is 26.2. The molecular weight excluding hydrogens is 320 g/mol. The topological polar surface area (TPSA) is 59.1 Å². The number of ether oxygens (including phenoxy) is 2. The highest BCUT2D eigenvalue weighted by Gasteiger charge is 2.33. The molecule has 1 aliphatic carbocycles. The molecule has 2 fully saturated rings. The van der Waals surface area contributed by atoms with Gasteiger partial charge in [-0.15, -0.1) is 12.4 Å². The van der Waals surface area contributed by atoms with Gasteiger partial charge in [0.15, 0.2) is 6.35 Å². The van der Waals surface area contributed by atoms with Gasteiger partial charge in [0.05, 0.1) is 19.1 Å². The van der Waals surface area contributed by atoms with Crippen LogP contribution in [0.1, 0.15) is 45.4 Å². The first-order chi connectivity index (χ1) is 10.5. The number of hydrogen-bond donors (Lipinski definition) is 0. The number of carbonyl (C=O) groups is 2. The summed E-state index contributed by atoms with van der Waals surface area (Å²) in [6.45, 7) is 3.51. The van der Waals surface area contributed by atoms with Crippen LogP contribution in [-0.2, 0) is 19.1 Å². The number of carbonyl (C=O) groups excluding carboxylic acids is 2. The molecule has 7 heteroatoms. The van der Waals surface area contributed by atoms with Crippen molar-refractivity contribution >= 4 is 24.3 Å². The van der Waals surface area contributed by atoms with Crippen molar-refractivity contribution in [1.82, 2.24) is 9.80 Å². The van der Waals surface area contributed by atoms with Gasteiger partial charge < -0.3 is 14.4 Å². The largest absolute Gasteiger partial charge is 0.469 e. The number of amides is 1. The predicted molar refractivity (Wildman–Crippen MR) is 89.1 cm³/mol. The molecule has 1 atom stereocenters. The van der Waals surface area contributed by atoms with E-state index in [0.29, 0.717) is 0 Å². The van der Waals surface area contributed by atoms with Gasteiger partial charge in [-0.2, -0.15) is 0 Å². The second kappa shape index (κ2) is 9.45. The van der Waals surface area contributed by atoms with E-state index in [0.717, 1.165) is 51.6 Å². The first kappa shape index (κ1) is 20.2. The van der Waals surface area contributed by atoms with Gasteiger partial charge in [-0.1, -0.05) is 0 Å². The molecule has 2 rings (SSSR count). The molecule has 0 aromatic rings. The van der Waals surface area contributed by atoms with E-state index in [2.05, 4.69) is 4.90 Å². The lowest BCUT2D eigenvalue weighted by Gasteiger charge is -2.38. The summed E-state index contributed by atoms with van der Waals surface area (Å²) in [6, 6.07) is 0. The van der Waals surface area contributed by atoms with Crippen molar-refractivity contribution in [3.05, 3.63) is 0 Å². The zero-order chi connectivity index (χ0) is 16.1. The summed E-state index contributed by atoms with van der Waals surface area (Å²) in [6.07, 6.45) is 5.42. The molecule has 1 heterocycles. The van der Waals surface area contributed by atoms with E-state index in [1.807, 2.05) is 0 Å². The van der Waals surface area contributed by atoms with Gasteiger partial charge in [-0.25, -0.2) is 0 Å². The second-order valence-electron chi connectivity index (χ2n) is 6.33. The Bertz CT molecular complexity index is 394. The SMILES string of the molecule is COC(=O)C1CCC(OC(N2CCCC2)N(C)C(C)=O)CC1.Cl. The van der Waals surface area contributed by atoms with E-state index < -0.39 is 0 Å². The number of nitrogens with zero attached hydrogens (tertiary/aromatic N) is 2. The van der Waals surface area contributed by atoms with Crippen molar-refractivity contribution in [1.29, 1.82) is 0 Å². The second-order valence-corrected chi connectivity index (χ2v) is 6.33. The Labute approximate surface area is 144 Å². The molecule has 6 nitrogen and oxygen atoms in total. The first-order valence-corrected chi connectivity index (χ1v) is 8.23. The molecule has 0 spiro atoms. The summed E-state index contributed by atoms with van der Waals surface area (Å²) in [5.74, 6) is -0.101. The summed E-state index contributed by atoms with van der Waals surface area (Å²) in [5.41, 5.74) is 0. The predicted octanol–water partition coefficient (Wildman–Crippen LogP) is 2.01. The summed E-state index contributed by atoms with van der Waals surface area (Å²) in [5, 5.41) is 0. The van der Waals surface area contributed by atoms with Crippen LogP contribution in [0.2, 0.25) is 0 Å². The minimum atomic E-state index is -0.278. The zero-order valence-corrected chi connectivity index (χ0v) is 15.1. The summed E-state index contributed by atoms with van der Waals surface area (Å²) < 4.78 is 11.1. The Morgan fingerprint density at radius 2 is 1.70 bits per heavy atom. The Balaban J connectivity index is 0.00000264. The zero-order valence-electron chi connectivity index (χ0n) is 14.3. The lowest BCUT2D eigenvalue weighted by molar-refractivity contribution is -0.185. The van der Waals surface area contributed by atoms with Crippen LogP contribution < -0.4 is 0 Å². The smallest absolute Gasteiger partial charge is 0.308 e. The molecule has 1 saturated carbocycles. The average Bonchev–Trinajstić information content (AvgIpc) is 3.05. The van der Waals surface area contributed by atoms with Crippen LogP contribution in [-0.4, -0.2) is 61.4 Å². The summed E-state index contributed by atoms with van der Waals surface area (Å²) in [4.78, 5) is 27.2. The molecule has 23 heavy (non-hydrogen) atoms. The highest BCUT2D eigenvalue weighted by atomic mass is 35.5. The van der Waals surface area contributed by atoms with Crippen LogP contribution in [0.25, 0.3) is 0 Å². The Hall–Kier alpha value is -0.850.